The van der Waals surface area contributed by atoms with Crippen LogP contribution in [0.25, 0.3) is 0 Å². The van der Waals surface area contributed by atoms with Gasteiger partial charge in [0.25, 0.3) is 0 Å². The molecule has 0 fully saturated rings. The third-order valence-electron chi connectivity index (χ3n) is 2.60. The number of ether oxygens (including phenoxy) is 1. The van der Waals surface area contributed by atoms with Crippen molar-refractivity contribution in [3.8, 4) is 5.75 Å². The highest BCUT2D eigenvalue weighted by atomic mass is 16.7. The Morgan fingerprint density at radius 2 is 2.05 bits per heavy atom. The maximum atomic E-state index is 11.5. The highest BCUT2D eigenvalue weighted by molar-refractivity contribution is 5.96. The molecule has 1 aromatic carbocycles. The van der Waals surface area contributed by atoms with E-state index in [1.807, 2.05) is 25.1 Å². The molecule has 0 unspecified atom stereocenters. The Labute approximate surface area is 116 Å². The van der Waals surface area contributed by atoms with Crippen LogP contribution in [0.3, 0.4) is 0 Å². The summed E-state index contributed by atoms with van der Waals surface area (Å²) in [6, 6.07) is 10.9. The zero-order valence-electron chi connectivity index (χ0n) is 11.3. The number of rotatable bonds is 5. The maximum Gasteiger partial charge on any atom is 0.372 e. The van der Waals surface area contributed by atoms with Crippen LogP contribution in [0.4, 0.5) is 0 Å². The van der Waals surface area contributed by atoms with Gasteiger partial charge in [-0.25, -0.2) is 4.79 Å². The maximum absolute atomic E-state index is 11.5. The second-order valence-electron chi connectivity index (χ2n) is 4.17. The summed E-state index contributed by atoms with van der Waals surface area (Å²) in [4.78, 5) is 16.3. The van der Waals surface area contributed by atoms with E-state index in [2.05, 4.69) is 5.16 Å². The van der Waals surface area contributed by atoms with Crippen LogP contribution >= 0.6 is 0 Å². The van der Waals surface area contributed by atoms with Crippen molar-refractivity contribution in [1.82, 2.24) is 0 Å². The predicted molar refractivity (Wildman–Crippen MR) is 73.7 cm³/mol. The van der Waals surface area contributed by atoms with Gasteiger partial charge in [-0.1, -0.05) is 23.4 Å². The van der Waals surface area contributed by atoms with Gasteiger partial charge in [0.05, 0.1) is 6.26 Å². The van der Waals surface area contributed by atoms with Gasteiger partial charge in [-0.15, -0.1) is 0 Å². The monoisotopic (exact) mass is 273 g/mol. The van der Waals surface area contributed by atoms with Crippen molar-refractivity contribution in [3.05, 3.63) is 54.0 Å². The minimum atomic E-state index is -0.570. The first-order valence-corrected chi connectivity index (χ1v) is 6.13. The molecule has 0 atom stereocenters. The molecule has 1 heterocycles. The van der Waals surface area contributed by atoms with E-state index in [1.54, 1.807) is 25.1 Å². The Bertz CT molecular complexity index is 602. The molecule has 104 valence electrons. The summed E-state index contributed by atoms with van der Waals surface area (Å²) in [7, 11) is 0. The molecule has 20 heavy (non-hydrogen) atoms. The Morgan fingerprint density at radius 3 is 2.75 bits per heavy atom. The number of carbonyl (C=O) groups excluding carboxylic acids is 1. The summed E-state index contributed by atoms with van der Waals surface area (Å²) in [6.07, 6.45) is 1.53. The van der Waals surface area contributed by atoms with Crippen molar-refractivity contribution in [2.45, 2.75) is 13.8 Å². The average molecular weight is 273 g/mol. The standard InChI is InChI=1S/C15H15NO4/c1-11-6-3-4-7-13(11)19-10-15(17)20-16-12(2)14-8-5-9-18-14/h3-9H,10H2,1-2H3/b16-12-. The summed E-state index contributed by atoms with van der Waals surface area (Å²) < 4.78 is 10.5. The van der Waals surface area contributed by atoms with Crippen LogP contribution in [0.15, 0.2) is 52.2 Å². The number of hydrogen-bond donors (Lipinski definition) is 0. The summed E-state index contributed by atoms with van der Waals surface area (Å²) in [5, 5.41) is 3.69. The van der Waals surface area contributed by atoms with Gasteiger partial charge in [-0.2, -0.15) is 0 Å². The van der Waals surface area contributed by atoms with E-state index in [-0.39, 0.29) is 6.61 Å². The molecule has 0 aliphatic rings. The van der Waals surface area contributed by atoms with Crippen molar-refractivity contribution in [1.29, 1.82) is 0 Å². The lowest BCUT2D eigenvalue weighted by Crippen LogP contribution is -2.13. The van der Waals surface area contributed by atoms with Crippen molar-refractivity contribution in [2.75, 3.05) is 6.61 Å². The zero-order chi connectivity index (χ0) is 14.4. The highest BCUT2D eigenvalue weighted by Gasteiger charge is 2.07. The van der Waals surface area contributed by atoms with Gasteiger partial charge in [0.2, 0.25) is 0 Å². The van der Waals surface area contributed by atoms with Crippen LogP contribution in [-0.4, -0.2) is 18.3 Å². The molecule has 5 nitrogen and oxygen atoms in total. The van der Waals surface area contributed by atoms with Crippen LogP contribution in [0.1, 0.15) is 18.2 Å². The van der Waals surface area contributed by atoms with Crippen LogP contribution < -0.4 is 4.74 Å². The van der Waals surface area contributed by atoms with Gasteiger partial charge in [0, 0.05) is 0 Å². The third-order valence-corrected chi connectivity index (χ3v) is 2.60. The number of oxime groups is 1. The molecule has 0 radical (unpaired) electrons. The Morgan fingerprint density at radius 1 is 1.25 bits per heavy atom. The molecule has 1 aromatic heterocycles. The molecule has 0 spiro atoms. The van der Waals surface area contributed by atoms with Gasteiger partial charge in [-0.3, -0.25) is 0 Å². The first kappa shape index (κ1) is 13.9. The fraction of sp³-hybridized carbons (Fsp3) is 0.200. The summed E-state index contributed by atoms with van der Waals surface area (Å²) in [5.74, 6) is 0.632. The SMILES string of the molecule is C/C(=N/OC(=O)COc1ccccc1C)c1ccco1. The number of benzene rings is 1. The lowest BCUT2D eigenvalue weighted by molar-refractivity contribution is -0.146. The van der Waals surface area contributed by atoms with E-state index < -0.39 is 5.97 Å². The van der Waals surface area contributed by atoms with E-state index in [0.29, 0.717) is 17.2 Å². The largest absolute Gasteiger partial charge is 0.482 e. The molecule has 0 amide bonds. The number of para-hydroxylation sites is 1. The lowest BCUT2D eigenvalue weighted by atomic mass is 10.2. The van der Waals surface area contributed by atoms with E-state index in [4.69, 9.17) is 14.0 Å². The van der Waals surface area contributed by atoms with Crippen molar-refractivity contribution < 1.29 is 18.8 Å². The van der Waals surface area contributed by atoms with Crippen LogP contribution in [0, 0.1) is 6.92 Å². The number of hydrogen-bond acceptors (Lipinski definition) is 5. The second-order valence-corrected chi connectivity index (χ2v) is 4.17. The summed E-state index contributed by atoms with van der Waals surface area (Å²) in [5.41, 5.74) is 1.44. The van der Waals surface area contributed by atoms with Crippen LogP contribution in [0.2, 0.25) is 0 Å². The Balaban J connectivity index is 1.84. The normalized spacial score (nSPS) is 11.2. The molecule has 0 N–H and O–H groups in total. The molecule has 0 bridgehead atoms. The Kier molecular flexibility index (Phi) is 4.55. The molecular formula is C15H15NO4. The molecule has 2 rings (SSSR count). The fourth-order valence-electron chi connectivity index (χ4n) is 1.53. The van der Waals surface area contributed by atoms with Crippen molar-refractivity contribution >= 4 is 11.7 Å². The summed E-state index contributed by atoms with van der Waals surface area (Å²) >= 11 is 0. The minimum Gasteiger partial charge on any atom is -0.482 e. The molecule has 0 saturated carbocycles. The molecule has 0 aliphatic heterocycles. The number of carbonyl (C=O) groups is 1. The Hall–Kier alpha value is -2.56. The van der Waals surface area contributed by atoms with Gasteiger partial charge < -0.3 is 14.0 Å². The molecule has 0 saturated heterocycles. The predicted octanol–water partition coefficient (Wildman–Crippen LogP) is 2.93. The molecule has 0 aliphatic carbocycles. The fourth-order valence-corrected chi connectivity index (χ4v) is 1.53. The third kappa shape index (κ3) is 3.71. The van der Waals surface area contributed by atoms with E-state index in [1.165, 1.54) is 6.26 Å². The lowest BCUT2D eigenvalue weighted by Gasteiger charge is -2.06. The summed E-state index contributed by atoms with van der Waals surface area (Å²) in [6.45, 7) is 3.40. The van der Waals surface area contributed by atoms with E-state index in [9.17, 15) is 4.79 Å². The van der Waals surface area contributed by atoms with E-state index >= 15 is 0 Å². The minimum absolute atomic E-state index is 0.195. The van der Waals surface area contributed by atoms with Crippen molar-refractivity contribution in [2.24, 2.45) is 5.16 Å². The van der Waals surface area contributed by atoms with Crippen LogP contribution in [-0.2, 0) is 9.63 Å². The number of aryl methyl sites for hydroxylation is 1. The number of nitrogens with zero attached hydrogens (tertiary/aromatic N) is 1. The molecule has 2 aromatic rings. The quantitative estimate of drug-likeness (QED) is 0.477. The van der Waals surface area contributed by atoms with Gasteiger partial charge in [0.15, 0.2) is 12.4 Å². The second kappa shape index (κ2) is 6.56. The zero-order valence-corrected chi connectivity index (χ0v) is 11.3. The van der Waals surface area contributed by atoms with Gasteiger partial charge in [-0.05, 0) is 37.6 Å². The van der Waals surface area contributed by atoms with Gasteiger partial charge >= 0.3 is 5.97 Å². The topological polar surface area (TPSA) is 61.0 Å². The van der Waals surface area contributed by atoms with Crippen molar-refractivity contribution in [3.63, 3.8) is 0 Å². The molecular weight excluding hydrogens is 258 g/mol. The first-order chi connectivity index (χ1) is 9.66. The van der Waals surface area contributed by atoms with Gasteiger partial charge in [0.1, 0.15) is 11.5 Å². The molecule has 5 heteroatoms. The smallest absolute Gasteiger partial charge is 0.372 e. The van der Waals surface area contributed by atoms with E-state index in [0.717, 1.165) is 5.56 Å². The van der Waals surface area contributed by atoms with Crippen LogP contribution in [0.5, 0.6) is 5.75 Å². The number of furan rings is 1. The average Bonchev–Trinajstić information content (AvgIpc) is 2.98. The first-order valence-electron chi connectivity index (χ1n) is 6.13. The highest BCUT2D eigenvalue weighted by Crippen LogP contribution is 2.15.